The molecule has 1 unspecified atom stereocenters. The molecule has 1 amide bonds. The topological polar surface area (TPSA) is 119 Å². The lowest BCUT2D eigenvalue weighted by molar-refractivity contribution is 0.0911. The number of aromatic amines is 2. The summed E-state index contributed by atoms with van der Waals surface area (Å²) >= 11 is 5.84. The molecule has 9 nitrogen and oxygen atoms in total. The minimum absolute atomic E-state index is 0.0807. The monoisotopic (exact) mass is 484 g/mol. The Morgan fingerprint density at radius 3 is 2.88 bits per heavy atom. The van der Waals surface area contributed by atoms with Crippen LogP contribution in [0.4, 0.5) is 10.1 Å². The Morgan fingerprint density at radius 1 is 1.29 bits per heavy atom. The van der Waals surface area contributed by atoms with Gasteiger partial charge in [-0.25, -0.2) is 9.37 Å². The highest BCUT2D eigenvalue weighted by atomic mass is 35.5. The first kappa shape index (κ1) is 22.3. The minimum Gasteiger partial charge on any atom is -0.394 e. The SMILES string of the molecule is O=C(NC(CO)c1ccc(F)c(Cl)c1)c1cc(-c2n[nH]c3ncc(N4CCOCC4)cc23)c[nH]1. The molecule has 0 saturated carbocycles. The number of pyridine rings is 1. The summed E-state index contributed by atoms with van der Waals surface area (Å²) in [5, 5.41) is 20.6. The van der Waals surface area contributed by atoms with Crippen molar-refractivity contribution in [2.24, 2.45) is 0 Å². The van der Waals surface area contributed by atoms with E-state index in [1.165, 1.54) is 18.2 Å². The van der Waals surface area contributed by atoms with Crippen molar-refractivity contribution in [2.75, 3.05) is 37.8 Å². The lowest BCUT2D eigenvalue weighted by atomic mass is 10.1. The number of amides is 1. The number of anilines is 1. The van der Waals surface area contributed by atoms with Crippen LogP contribution in [0.1, 0.15) is 22.1 Å². The molecular formula is C23H22ClFN6O3. The Balaban J connectivity index is 1.37. The normalized spacial score (nSPS) is 15.0. The Hall–Kier alpha value is -3.47. The van der Waals surface area contributed by atoms with E-state index in [1.807, 2.05) is 12.3 Å². The number of nitrogens with one attached hydrogen (secondary N) is 3. The third kappa shape index (κ3) is 4.35. The highest BCUT2D eigenvalue weighted by Crippen LogP contribution is 2.29. The average molecular weight is 485 g/mol. The van der Waals surface area contributed by atoms with Crippen LogP contribution in [0, 0.1) is 5.82 Å². The van der Waals surface area contributed by atoms with Crippen LogP contribution in [0.25, 0.3) is 22.3 Å². The molecule has 4 aromatic rings. The van der Waals surface area contributed by atoms with E-state index in [1.54, 1.807) is 12.3 Å². The van der Waals surface area contributed by atoms with E-state index in [4.69, 9.17) is 16.3 Å². The van der Waals surface area contributed by atoms with Gasteiger partial charge >= 0.3 is 0 Å². The summed E-state index contributed by atoms with van der Waals surface area (Å²) in [6.07, 6.45) is 3.50. The van der Waals surface area contributed by atoms with Crippen LogP contribution in [0.5, 0.6) is 0 Å². The molecule has 1 fully saturated rings. The fourth-order valence-corrected chi connectivity index (χ4v) is 4.16. The van der Waals surface area contributed by atoms with E-state index in [0.29, 0.717) is 35.7 Å². The van der Waals surface area contributed by atoms with Gasteiger partial charge in [-0.2, -0.15) is 5.10 Å². The first-order valence-corrected chi connectivity index (χ1v) is 11.1. The first-order chi connectivity index (χ1) is 16.5. The van der Waals surface area contributed by atoms with Crippen molar-refractivity contribution in [1.82, 2.24) is 25.5 Å². The number of rotatable bonds is 6. The van der Waals surface area contributed by atoms with Gasteiger partial charge in [0.25, 0.3) is 5.91 Å². The maximum Gasteiger partial charge on any atom is 0.268 e. The molecule has 1 aliphatic heterocycles. The van der Waals surface area contributed by atoms with Crippen LogP contribution in [-0.2, 0) is 4.74 Å². The second-order valence-corrected chi connectivity index (χ2v) is 8.35. The number of H-pyrrole nitrogens is 2. The lowest BCUT2D eigenvalue weighted by Crippen LogP contribution is -2.36. The molecule has 1 atom stereocenters. The van der Waals surface area contributed by atoms with Crippen molar-refractivity contribution in [3.63, 3.8) is 0 Å². The standard InChI is InChI=1S/C23H22ClFN6O3/c24-17-7-13(1-2-18(17)25)20(12-32)28-23(33)19-8-14(10-26-19)21-16-9-15(11-27-22(16)30-29-21)31-3-5-34-6-4-31/h1-2,7-11,20,26,32H,3-6,12H2,(H,28,33)(H,27,29,30). The number of carbonyl (C=O) groups excluding carboxylic acids is 1. The molecule has 4 N–H and O–H groups in total. The molecule has 4 heterocycles. The number of hydrogen-bond acceptors (Lipinski definition) is 6. The number of carbonyl (C=O) groups is 1. The van der Waals surface area contributed by atoms with Crippen LogP contribution in [0.3, 0.4) is 0 Å². The molecule has 3 aromatic heterocycles. The number of benzene rings is 1. The largest absolute Gasteiger partial charge is 0.394 e. The molecular weight excluding hydrogens is 463 g/mol. The fourth-order valence-electron chi connectivity index (χ4n) is 3.97. The fraction of sp³-hybridized carbons (Fsp3) is 0.261. The van der Waals surface area contributed by atoms with Gasteiger partial charge in [0.15, 0.2) is 5.65 Å². The molecule has 1 aliphatic rings. The summed E-state index contributed by atoms with van der Waals surface area (Å²) in [7, 11) is 0. The second kappa shape index (κ2) is 9.41. The second-order valence-electron chi connectivity index (χ2n) is 7.95. The number of hydrogen-bond donors (Lipinski definition) is 4. The lowest BCUT2D eigenvalue weighted by Gasteiger charge is -2.28. The smallest absolute Gasteiger partial charge is 0.268 e. The van der Waals surface area contributed by atoms with Gasteiger partial charge in [-0.1, -0.05) is 17.7 Å². The number of fused-ring (bicyclic) bond motifs is 1. The predicted molar refractivity (Wildman–Crippen MR) is 125 cm³/mol. The van der Waals surface area contributed by atoms with Gasteiger partial charge in [0.2, 0.25) is 0 Å². The molecule has 1 aromatic carbocycles. The van der Waals surface area contributed by atoms with Crippen molar-refractivity contribution >= 4 is 34.2 Å². The molecule has 0 aliphatic carbocycles. The van der Waals surface area contributed by atoms with Crippen LogP contribution in [0.15, 0.2) is 42.7 Å². The van der Waals surface area contributed by atoms with Crippen LogP contribution >= 0.6 is 11.6 Å². The number of aromatic nitrogens is 4. The zero-order valence-electron chi connectivity index (χ0n) is 18.0. The number of ether oxygens (including phenoxy) is 1. The van der Waals surface area contributed by atoms with Crippen molar-refractivity contribution in [1.29, 1.82) is 0 Å². The Bertz CT molecular complexity index is 1330. The highest BCUT2D eigenvalue weighted by molar-refractivity contribution is 6.30. The zero-order chi connectivity index (χ0) is 23.7. The van der Waals surface area contributed by atoms with Crippen LogP contribution in [-0.4, -0.2) is 64.1 Å². The highest BCUT2D eigenvalue weighted by Gasteiger charge is 2.20. The quantitative estimate of drug-likeness (QED) is 0.334. The number of aliphatic hydroxyl groups excluding tert-OH is 1. The summed E-state index contributed by atoms with van der Waals surface area (Å²) in [6.45, 7) is 2.55. The minimum atomic E-state index is -0.746. The summed E-state index contributed by atoms with van der Waals surface area (Å²) < 4.78 is 18.9. The summed E-state index contributed by atoms with van der Waals surface area (Å²) in [5.74, 6) is -1.00. The summed E-state index contributed by atoms with van der Waals surface area (Å²) in [4.78, 5) is 22.5. The van der Waals surface area contributed by atoms with E-state index in [0.717, 1.165) is 24.2 Å². The average Bonchev–Trinajstić information content (AvgIpc) is 3.51. The van der Waals surface area contributed by atoms with Gasteiger partial charge in [0.05, 0.1) is 42.8 Å². The summed E-state index contributed by atoms with van der Waals surface area (Å²) in [5.41, 5.74) is 3.78. The van der Waals surface area contributed by atoms with E-state index in [2.05, 4.69) is 30.4 Å². The van der Waals surface area contributed by atoms with Crippen molar-refractivity contribution in [3.05, 3.63) is 64.8 Å². The van der Waals surface area contributed by atoms with Gasteiger partial charge in [-0.3, -0.25) is 9.89 Å². The summed E-state index contributed by atoms with van der Waals surface area (Å²) in [6, 6.07) is 7.01. The zero-order valence-corrected chi connectivity index (χ0v) is 18.8. The molecule has 34 heavy (non-hydrogen) atoms. The number of halogens is 2. The molecule has 5 rings (SSSR count). The van der Waals surface area contributed by atoms with Crippen molar-refractivity contribution in [2.45, 2.75) is 6.04 Å². The number of aliphatic hydroxyl groups is 1. The Labute approximate surface area is 198 Å². The predicted octanol–water partition coefficient (Wildman–Crippen LogP) is 3.05. The molecule has 1 saturated heterocycles. The van der Waals surface area contributed by atoms with Gasteiger partial charge in [0.1, 0.15) is 17.2 Å². The maximum atomic E-state index is 13.5. The van der Waals surface area contributed by atoms with E-state index < -0.39 is 17.8 Å². The molecule has 11 heteroatoms. The van der Waals surface area contributed by atoms with Gasteiger partial charge in [-0.15, -0.1) is 0 Å². The Morgan fingerprint density at radius 2 is 2.12 bits per heavy atom. The van der Waals surface area contributed by atoms with E-state index in [-0.39, 0.29) is 17.3 Å². The molecule has 0 spiro atoms. The van der Waals surface area contributed by atoms with Crippen molar-refractivity contribution < 1.29 is 19.0 Å². The van der Waals surface area contributed by atoms with Crippen LogP contribution < -0.4 is 10.2 Å². The van der Waals surface area contributed by atoms with Crippen molar-refractivity contribution in [3.8, 4) is 11.3 Å². The van der Waals surface area contributed by atoms with Gasteiger partial charge < -0.3 is 25.0 Å². The third-order valence-corrected chi connectivity index (χ3v) is 6.10. The molecule has 176 valence electrons. The number of nitrogens with zero attached hydrogens (tertiary/aromatic N) is 3. The first-order valence-electron chi connectivity index (χ1n) is 10.8. The maximum absolute atomic E-state index is 13.5. The molecule has 0 radical (unpaired) electrons. The van der Waals surface area contributed by atoms with E-state index >= 15 is 0 Å². The van der Waals surface area contributed by atoms with Crippen LogP contribution in [0.2, 0.25) is 5.02 Å². The van der Waals surface area contributed by atoms with E-state index in [9.17, 15) is 14.3 Å². The van der Waals surface area contributed by atoms with Gasteiger partial charge in [0, 0.05) is 30.2 Å². The number of morpholine rings is 1. The molecule has 0 bridgehead atoms. The third-order valence-electron chi connectivity index (χ3n) is 5.81. The van der Waals surface area contributed by atoms with Gasteiger partial charge in [-0.05, 0) is 29.8 Å². The Kier molecular flexibility index (Phi) is 6.18.